The summed E-state index contributed by atoms with van der Waals surface area (Å²) >= 11 is 5.61. The molecular formula is C8H9ClN2O2. The van der Waals surface area contributed by atoms with Crippen molar-refractivity contribution in [2.45, 2.75) is 0 Å². The fourth-order valence-corrected chi connectivity index (χ4v) is 0.977. The molecule has 0 spiro atoms. The standard InChI is InChI=1S/C8H9ClN2O2/c9-6-3-5(1-2-7(6)12)11-8(13)4-10/h1-3,12H,4,10H2,(H,11,13). The Morgan fingerprint density at radius 2 is 2.31 bits per heavy atom. The minimum atomic E-state index is -0.304. The zero-order valence-corrected chi connectivity index (χ0v) is 7.51. The van der Waals surface area contributed by atoms with Crippen molar-refractivity contribution in [2.75, 3.05) is 11.9 Å². The van der Waals surface area contributed by atoms with E-state index in [1.165, 1.54) is 18.2 Å². The lowest BCUT2D eigenvalue weighted by Crippen LogP contribution is -2.21. The molecule has 70 valence electrons. The number of carbonyl (C=O) groups is 1. The van der Waals surface area contributed by atoms with Gasteiger partial charge in [-0.25, -0.2) is 0 Å². The van der Waals surface area contributed by atoms with Gasteiger partial charge in [0, 0.05) is 5.69 Å². The van der Waals surface area contributed by atoms with Crippen molar-refractivity contribution >= 4 is 23.2 Å². The van der Waals surface area contributed by atoms with Crippen molar-refractivity contribution in [2.24, 2.45) is 5.73 Å². The Morgan fingerprint density at radius 3 is 2.85 bits per heavy atom. The molecule has 4 nitrogen and oxygen atoms in total. The van der Waals surface area contributed by atoms with Crippen molar-refractivity contribution in [1.82, 2.24) is 0 Å². The largest absolute Gasteiger partial charge is 0.506 e. The van der Waals surface area contributed by atoms with Gasteiger partial charge in [-0.2, -0.15) is 0 Å². The van der Waals surface area contributed by atoms with Gasteiger partial charge < -0.3 is 16.2 Å². The molecule has 0 aliphatic heterocycles. The molecule has 0 unspecified atom stereocenters. The van der Waals surface area contributed by atoms with Crippen LogP contribution in [-0.4, -0.2) is 17.6 Å². The Morgan fingerprint density at radius 1 is 1.62 bits per heavy atom. The van der Waals surface area contributed by atoms with E-state index < -0.39 is 0 Å². The molecule has 1 aromatic rings. The highest BCUT2D eigenvalue weighted by Crippen LogP contribution is 2.25. The third-order valence-corrected chi connectivity index (χ3v) is 1.72. The summed E-state index contributed by atoms with van der Waals surface area (Å²) in [5.74, 6) is -0.325. The average Bonchev–Trinajstić information content (AvgIpc) is 2.11. The summed E-state index contributed by atoms with van der Waals surface area (Å²) in [5, 5.41) is 11.8. The molecule has 0 fully saturated rings. The SMILES string of the molecule is NCC(=O)Nc1ccc(O)c(Cl)c1. The summed E-state index contributed by atoms with van der Waals surface area (Å²) in [4.78, 5) is 10.8. The first kappa shape index (κ1) is 9.83. The Kier molecular flexibility index (Phi) is 3.11. The predicted octanol–water partition coefficient (Wildman–Crippen LogP) is 0.943. The molecule has 0 saturated heterocycles. The molecule has 0 aliphatic rings. The highest BCUT2D eigenvalue weighted by Gasteiger charge is 2.02. The second-order valence-electron chi connectivity index (χ2n) is 2.42. The molecule has 0 aliphatic carbocycles. The van der Waals surface area contributed by atoms with Gasteiger partial charge in [0.05, 0.1) is 11.6 Å². The van der Waals surface area contributed by atoms with Gasteiger partial charge in [-0.3, -0.25) is 4.79 Å². The van der Waals surface area contributed by atoms with Crippen LogP contribution in [0.2, 0.25) is 5.02 Å². The molecule has 0 radical (unpaired) electrons. The molecule has 1 rings (SSSR count). The van der Waals surface area contributed by atoms with Gasteiger partial charge in [0.1, 0.15) is 5.75 Å². The maximum Gasteiger partial charge on any atom is 0.238 e. The highest BCUT2D eigenvalue weighted by atomic mass is 35.5. The van der Waals surface area contributed by atoms with Gasteiger partial charge in [-0.05, 0) is 18.2 Å². The number of phenols is 1. The number of benzene rings is 1. The molecule has 0 saturated carbocycles. The summed E-state index contributed by atoms with van der Waals surface area (Å²) < 4.78 is 0. The number of hydrogen-bond donors (Lipinski definition) is 3. The van der Waals surface area contributed by atoms with Crippen LogP contribution in [0.15, 0.2) is 18.2 Å². The van der Waals surface area contributed by atoms with Gasteiger partial charge in [0.2, 0.25) is 5.91 Å². The third-order valence-electron chi connectivity index (χ3n) is 1.42. The molecule has 0 bridgehead atoms. The summed E-state index contributed by atoms with van der Waals surface area (Å²) in [7, 11) is 0. The minimum absolute atomic E-state index is 0.0209. The second kappa shape index (κ2) is 4.11. The smallest absolute Gasteiger partial charge is 0.238 e. The predicted molar refractivity (Wildman–Crippen MR) is 50.8 cm³/mol. The number of nitrogens with two attached hydrogens (primary N) is 1. The molecule has 0 heterocycles. The van der Waals surface area contributed by atoms with Crippen molar-refractivity contribution in [3.8, 4) is 5.75 Å². The number of carbonyl (C=O) groups excluding carboxylic acids is 1. The van der Waals surface area contributed by atoms with E-state index >= 15 is 0 Å². The third kappa shape index (κ3) is 2.61. The number of phenolic OH excluding ortho intramolecular Hbond substituents is 1. The Labute approximate surface area is 80.3 Å². The maximum atomic E-state index is 10.8. The molecule has 4 N–H and O–H groups in total. The number of hydrogen-bond acceptors (Lipinski definition) is 3. The van der Waals surface area contributed by atoms with Crippen LogP contribution in [0.4, 0.5) is 5.69 Å². The normalized spacial score (nSPS) is 9.69. The van der Waals surface area contributed by atoms with Crippen LogP contribution in [0, 0.1) is 0 Å². The van der Waals surface area contributed by atoms with E-state index in [4.69, 9.17) is 22.4 Å². The van der Waals surface area contributed by atoms with Crippen molar-refractivity contribution < 1.29 is 9.90 Å². The number of halogens is 1. The first-order valence-corrected chi connectivity index (χ1v) is 3.99. The van der Waals surface area contributed by atoms with Crippen LogP contribution in [0.25, 0.3) is 0 Å². The number of aromatic hydroxyl groups is 1. The van der Waals surface area contributed by atoms with E-state index in [1.54, 1.807) is 0 Å². The lowest BCUT2D eigenvalue weighted by molar-refractivity contribution is -0.114. The van der Waals surface area contributed by atoms with E-state index in [0.29, 0.717) is 5.69 Å². The number of nitrogens with one attached hydrogen (secondary N) is 1. The van der Waals surface area contributed by atoms with Crippen molar-refractivity contribution in [3.63, 3.8) is 0 Å². The van der Waals surface area contributed by atoms with E-state index in [1.807, 2.05) is 0 Å². The average molecular weight is 201 g/mol. The quantitative estimate of drug-likeness (QED) is 0.622. The zero-order valence-electron chi connectivity index (χ0n) is 6.75. The monoisotopic (exact) mass is 200 g/mol. The fourth-order valence-electron chi connectivity index (χ4n) is 0.797. The van der Waals surface area contributed by atoms with Crippen LogP contribution in [0.3, 0.4) is 0 Å². The molecule has 0 atom stereocenters. The Bertz CT molecular complexity index is 328. The Balaban J connectivity index is 2.79. The van der Waals surface area contributed by atoms with Crippen LogP contribution in [0.1, 0.15) is 0 Å². The van der Waals surface area contributed by atoms with Crippen LogP contribution >= 0.6 is 11.6 Å². The Hall–Kier alpha value is -1.26. The first-order valence-electron chi connectivity index (χ1n) is 3.62. The molecule has 13 heavy (non-hydrogen) atoms. The van der Waals surface area contributed by atoms with Gasteiger partial charge in [0.15, 0.2) is 0 Å². The van der Waals surface area contributed by atoms with Gasteiger partial charge in [-0.15, -0.1) is 0 Å². The molecule has 1 aromatic carbocycles. The topological polar surface area (TPSA) is 75.4 Å². The lowest BCUT2D eigenvalue weighted by atomic mass is 10.3. The summed E-state index contributed by atoms with van der Waals surface area (Å²) in [6.07, 6.45) is 0. The zero-order chi connectivity index (χ0) is 9.84. The fraction of sp³-hybridized carbons (Fsp3) is 0.125. The minimum Gasteiger partial charge on any atom is -0.506 e. The van der Waals surface area contributed by atoms with Gasteiger partial charge in [-0.1, -0.05) is 11.6 Å². The molecular weight excluding hydrogens is 192 g/mol. The highest BCUT2D eigenvalue weighted by molar-refractivity contribution is 6.32. The summed E-state index contributed by atoms with van der Waals surface area (Å²) in [6.45, 7) is -0.0848. The van der Waals surface area contributed by atoms with Crippen LogP contribution in [0.5, 0.6) is 5.75 Å². The first-order chi connectivity index (χ1) is 6.13. The van der Waals surface area contributed by atoms with E-state index in [0.717, 1.165) is 0 Å². The summed E-state index contributed by atoms with van der Waals surface area (Å²) in [5.41, 5.74) is 5.61. The maximum absolute atomic E-state index is 10.8. The van der Waals surface area contributed by atoms with Gasteiger partial charge in [0.25, 0.3) is 0 Å². The van der Waals surface area contributed by atoms with Gasteiger partial charge >= 0.3 is 0 Å². The molecule has 5 heteroatoms. The molecule has 1 amide bonds. The number of anilines is 1. The van der Waals surface area contributed by atoms with E-state index in [-0.39, 0.29) is 23.2 Å². The second-order valence-corrected chi connectivity index (χ2v) is 2.83. The summed E-state index contributed by atoms with van der Waals surface area (Å²) in [6, 6.07) is 4.38. The van der Waals surface area contributed by atoms with E-state index in [9.17, 15) is 4.79 Å². The van der Waals surface area contributed by atoms with Crippen molar-refractivity contribution in [3.05, 3.63) is 23.2 Å². The number of amides is 1. The van der Waals surface area contributed by atoms with Crippen LogP contribution in [-0.2, 0) is 4.79 Å². The van der Waals surface area contributed by atoms with E-state index in [2.05, 4.69) is 5.32 Å². The lowest BCUT2D eigenvalue weighted by Gasteiger charge is -2.04. The van der Waals surface area contributed by atoms with Crippen molar-refractivity contribution in [1.29, 1.82) is 0 Å². The number of rotatable bonds is 2. The molecule has 0 aromatic heterocycles. The van der Waals surface area contributed by atoms with Crippen LogP contribution < -0.4 is 11.1 Å².